The molecule has 2 N–H and O–H groups in total. The number of urea groups is 1. The molecule has 1 aliphatic heterocycles. The molecule has 0 aliphatic carbocycles. The summed E-state index contributed by atoms with van der Waals surface area (Å²) < 4.78 is 0. The molecule has 0 aromatic carbocycles. The normalized spacial score (nSPS) is 16.1. The summed E-state index contributed by atoms with van der Waals surface area (Å²) in [5.74, 6) is -2.12. The van der Waals surface area contributed by atoms with Crippen LogP contribution in [0.4, 0.5) is 4.79 Å². The van der Waals surface area contributed by atoms with Gasteiger partial charge in [-0.2, -0.15) is 0 Å². The quantitative estimate of drug-likeness (QED) is 0.240. The molecule has 1 aliphatic rings. The van der Waals surface area contributed by atoms with Gasteiger partial charge in [0, 0.05) is 6.92 Å². The summed E-state index contributed by atoms with van der Waals surface area (Å²) in [4.78, 5) is 42.0. The van der Waals surface area contributed by atoms with E-state index in [9.17, 15) is 24.5 Å². The Hall–Kier alpha value is -2.25. The lowest BCUT2D eigenvalue weighted by Crippen LogP contribution is -2.52. The lowest BCUT2D eigenvalue weighted by atomic mass is 10.1. The molecular formula is C6H5N3O5. The van der Waals surface area contributed by atoms with E-state index in [1.165, 1.54) is 0 Å². The van der Waals surface area contributed by atoms with Crippen molar-refractivity contribution in [2.24, 2.45) is 0 Å². The van der Waals surface area contributed by atoms with Gasteiger partial charge in [0.25, 0.3) is 17.5 Å². The van der Waals surface area contributed by atoms with E-state index in [2.05, 4.69) is 0 Å². The van der Waals surface area contributed by atoms with Gasteiger partial charge in [0.15, 0.2) is 5.57 Å². The molecule has 8 nitrogen and oxygen atoms in total. The van der Waals surface area contributed by atoms with Gasteiger partial charge in [0.05, 0.1) is 4.92 Å². The maximum Gasteiger partial charge on any atom is 0.328 e. The summed E-state index contributed by atoms with van der Waals surface area (Å²) in [6.45, 7) is 1.00. The summed E-state index contributed by atoms with van der Waals surface area (Å²) in [7, 11) is 0. The Morgan fingerprint density at radius 1 is 1.21 bits per heavy atom. The number of amides is 4. The van der Waals surface area contributed by atoms with E-state index in [1.54, 1.807) is 10.6 Å². The van der Waals surface area contributed by atoms with E-state index in [0.29, 0.717) is 0 Å². The molecule has 1 rings (SSSR count). The summed E-state index contributed by atoms with van der Waals surface area (Å²) in [6, 6.07) is -0.986. The Labute approximate surface area is 77.1 Å². The molecule has 0 unspecified atom stereocenters. The van der Waals surface area contributed by atoms with Gasteiger partial charge in [-0.1, -0.05) is 0 Å². The van der Waals surface area contributed by atoms with Crippen LogP contribution in [-0.4, -0.2) is 22.8 Å². The van der Waals surface area contributed by atoms with Crippen LogP contribution in [0.2, 0.25) is 0 Å². The predicted octanol–water partition coefficient (Wildman–Crippen LogP) is -1.10. The van der Waals surface area contributed by atoms with Crippen LogP contribution in [0, 0.1) is 10.1 Å². The molecule has 1 heterocycles. The van der Waals surface area contributed by atoms with Crippen LogP contribution in [-0.2, 0) is 9.59 Å². The van der Waals surface area contributed by atoms with E-state index in [0.717, 1.165) is 6.92 Å². The van der Waals surface area contributed by atoms with Crippen molar-refractivity contribution in [2.45, 2.75) is 6.92 Å². The molecular weight excluding hydrogens is 194 g/mol. The number of nitro groups is 1. The molecule has 0 spiro atoms. The van der Waals surface area contributed by atoms with Crippen molar-refractivity contribution < 1.29 is 19.3 Å². The molecule has 4 amide bonds. The third kappa shape index (κ3) is 1.58. The first-order chi connectivity index (χ1) is 6.43. The number of carbonyl (C=O) groups is 3. The molecule has 0 radical (unpaired) electrons. The zero-order chi connectivity index (χ0) is 10.9. The Balaban J connectivity index is 3.17. The van der Waals surface area contributed by atoms with E-state index in [-0.39, 0.29) is 0 Å². The molecule has 1 fully saturated rings. The smallest absolute Gasteiger partial charge is 0.273 e. The molecule has 74 valence electrons. The highest BCUT2D eigenvalue weighted by molar-refractivity contribution is 6.29. The van der Waals surface area contributed by atoms with Gasteiger partial charge in [0.1, 0.15) is 0 Å². The van der Waals surface area contributed by atoms with Crippen molar-refractivity contribution in [3.63, 3.8) is 0 Å². The Morgan fingerprint density at radius 2 is 1.64 bits per heavy atom. The molecule has 8 heteroatoms. The summed E-state index contributed by atoms with van der Waals surface area (Å²) in [5, 5.41) is 13.7. The highest BCUT2D eigenvalue weighted by atomic mass is 16.6. The largest absolute Gasteiger partial charge is 0.328 e. The van der Waals surface area contributed by atoms with Gasteiger partial charge in [0.2, 0.25) is 0 Å². The maximum absolute atomic E-state index is 11.0. The molecule has 0 atom stereocenters. The molecule has 0 saturated carbocycles. The Morgan fingerprint density at radius 3 is 2.00 bits per heavy atom. The second kappa shape index (κ2) is 3.24. The maximum atomic E-state index is 11.0. The van der Waals surface area contributed by atoms with E-state index in [4.69, 9.17) is 0 Å². The van der Waals surface area contributed by atoms with Crippen molar-refractivity contribution in [3.05, 3.63) is 21.4 Å². The van der Waals surface area contributed by atoms with Crippen LogP contribution in [0.25, 0.3) is 0 Å². The van der Waals surface area contributed by atoms with Gasteiger partial charge in [-0.3, -0.25) is 30.3 Å². The molecule has 14 heavy (non-hydrogen) atoms. The number of barbiturate groups is 1. The number of carbonyl (C=O) groups excluding carboxylic acids is 3. The predicted molar refractivity (Wildman–Crippen MR) is 41.4 cm³/mol. The molecule has 0 bridgehead atoms. The zero-order valence-electron chi connectivity index (χ0n) is 6.99. The first-order valence-corrected chi connectivity index (χ1v) is 3.45. The topological polar surface area (TPSA) is 118 Å². The van der Waals surface area contributed by atoms with E-state index >= 15 is 0 Å². The highest BCUT2D eigenvalue weighted by Gasteiger charge is 2.34. The fraction of sp³-hybridized carbons (Fsp3) is 0.167. The van der Waals surface area contributed by atoms with Gasteiger partial charge in [-0.05, 0) is 0 Å². The lowest BCUT2D eigenvalue weighted by molar-refractivity contribution is -0.425. The third-order valence-corrected chi connectivity index (χ3v) is 1.54. The highest BCUT2D eigenvalue weighted by Crippen LogP contribution is 2.07. The molecule has 0 aromatic heterocycles. The SMILES string of the molecule is CC(=C1C(=O)NC(=O)NC1=O)[N+](=O)[O-]. The number of imide groups is 2. The number of hydrogen-bond acceptors (Lipinski definition) is 5. The number of rotatable bonds is 1. The standard InChI is InChI=1S/C6H5N3O5/c1-2(9(13)14)3-4(10)7-6(12)8-5(3)11/h1H3,(H2,7,8,10,11,12). The van der Waals surface area contributed by atoms with Crippen LogP contribution in [0.1, 0.15) is 6.92 Å². The second-order valence-electron chi connectivity index (χ2n) is 2.45. The monoisotopic (exact) mass is 199 g/mol. The van der Waals surface area contributed by atoms with Crippen LogP contribution in [0.15, 0.2) is 11.3 Å². The fourth-order valence-electron chi connectivity index (χ4n) is 0.885. The number of nitrogens with zero attached hydrogens (tertiary/aromatic N) is 1. The minimum absolute atomic E-state index is 0.604. The first-order valence-electron chi connectivity index (χ1n) is 3.45. The Kier molecular flexibility index (Phi) is 2.28. The van der Waals surface area contributed by atoms with Crippen molar-refractivity contribution in [3.8, 4) is 0 Å². The van der Waals surface area contributed by atoms with Crippen molar-refractivity contribution in [1.29, 1.82) is 0 Å². The van der Waals surface area contributed by atoms with E-state index in [1.807, 2.05) is 0 Å². The minimum atomic E-state index is -1.06. The van der Waals surface area contributed by atoms with Gasteiger partial charge in [-0.15, -0.1) is 0 Å². The summed E-state index contributed by atoms with van der Waals surface area (Å²) in [6.07, 6.45) is 0. The second-order valence-corrected chi connectivity index (χ2v) is 2.45. The summed E-state index contributed by atoms with van der Waals surface area (Å²) >= 11 is 0. The van der Waals surface area contributed by atoms with Crippen molar-refractivity contribution in [2.75, 3.05) is 0 Å². The van der Waals surface area contributed by atoms with E-state index < -0.39 is 34.0 Å². The average molecular weight is 199 g/mol. The van der Waals surface area contributed by atoms with Gasteiger partial charge < -0.3 is 0 Å². The molecule has 1 saturated heterocycles. The fourth-order valence-corrected chi connectivity index (χ4v) is 0.885. The van der Waals surface area contributed by atoms with Crippen LogP contribution >= 0.6 is 0 Å². The minimum Gasteiger partial charge on any atom is -0.273 e. The molecule has 0 aromatic rings. The van der Waals surface area contributed by atoms with Gasteiger partial charge >= 0.3 is 6.03 Å². The van der Waals surface area contributed by atoms with Crippen molar-refractivity contribution in [1.82, 2.24) is 10.6 Å². The number of hydrogen-bond donors (Lipinski definition) is 2. The zero-order valence-corrected chi connectivity index (χ0v) is 6.99. The average Bonchev–Trinajstić information content (AvgIpc) is 2.01. The lowest BCUT2D eigenvalue weighted by Gasteiger charge is -2.12. The Bertz CT molecular complexity index is 361. The number of allylic oxidation sites excluding steroid dienone is 1. The van der Waals surface area contributed by atoms with Crippen LogP contribution < -0.4 is 10.6 Å². The van der Waals surface area contributed by atoms with Crippen LogP contribution in [0.3, 0.4) is 0 Å². The number of nitrogens with one attached hydrogen (secondary N) is 2. The summed E-state index contributed by atoms with van der Waals surface area (Å²) in [5.41, 5.74) is -1.26. The third-order valence-electron chi connectivity index (χ3n) is 1.54. The van der Waals surface area contributed by atoms with Gasteiger partial charge in [-0.25, -0.2) is 4.79 Å². The first kappa shape index (κ1) is 9.84. The van der Waals surface area contributed by atoms with Crippen molar-refractivity contribution >= 4 is 17.8 Å². The van der Waals surface area contributed by atoms with Crippen LogP contribution in [0.5, 0.6) is 0 Å².